The third kappa shape index (κ3) is 8.88. The number of urea groups is 1. The number of hydrogen-bond acceptors (Lipinski definition) is 3. The van der Waals surface area contributed by atoms with Gasteiger partial charge in [-0.1, -0.05) is 68.9 Å². The van der Waals surface area contributed by atoms with E-state index in [1.165, 1.54) is 56.9 Å². The molecule has 2 N–H and O–H groups in total. The Morgan fingerprint density at radius 2 is 1.88 bits per heavy atom. The van der Waals surface area contributed by atoms with E-state index in [0.29, 0.717) is 11.8 Å². The first-order valence-electron chi connectivity index (χ1n) is 14.0. The average Bonchev–Trinajstić information content (AvgIpc) is 2.87. The van der Waals surface area contributed by atoms with Crippen LogP contribution in [0.3, 0.4) is 0 Å². The normalized spacial score (nSPS) is 21.2. The average molecular weight is 472 g/mol. The zero-order valence-corrected chi connectivity index (χ0v) is 21.8. The van der Waals surface area contributed by atoms with Gasteiger partial charge >= 0.3 is 6.03 Å². The number of likely N-dealkylation sites (tertiary alicyclic amines) is 1. The van der Waals surface area contributed by atoms with Crippen LogP contribution in [-0.4, -0.2) is 56.9 Å². The van der Waals surface area contributed by atoms with Crippen molar-refractivity contribution in [1.29, 1.82) is 0 Å². The molecule has 0 radical (unpaired) electrons. The Morgan fingerprint density at radius 3 is 2.62 bits per heavy atom. The van der Waals surface area contributed by atoms with Crippen LogP contribution in [0.15, 0.2) is 30.3 Å². The van der Waals surface area contributed by atoms with Gasteiger partial charge in [-0.15, -0.1) is 0 Å². The highest BCUT2D eigenvalue weighted by atomic mass is 16.5. The summed E-state index contributed by atoms with van der Waals surface area (Å²) in [5.74, 6) is 1.80. The summed E-state index contributed by atoms with van der Waals surface area (Å²) in [4.78, 5) is 15.4. The number of nitrogens with one attached hydrogen (secondary N) is 2. The minimum Gasteiger partial charge on any atom is -0.382 e. The van der Waals surface area contributed by atoms with Crippen molar-refractivity contribution in [3.8, 4) is 0 Å². The van der Waals surface area contributed by atoms with Gasteiger partial charge in [-0.3, -0.25) is 0 Å². The molecule has 1 aliphatic heterocycles. The van der Waals surface area contributed by atoms with E-state index in [9.17, 15) is 4.79 Å². The van der Waals surface area contributed by atoms with Crippen LogP contribution >= 0.6 is 0 Å². The molecule has 1 aliphatic carbocycles. The number of benzene rings is 1. The van der Waals surface area contributed by atoms with Gasteiger partial charge in [-0.05, 0) is 69.4 Å². The largest absolute Gasteiger partial charge is 0.382 e. The van der Waals surface area contributed by atoms with Gasteiger partial charge in [0.1, 0.15) is 0 Å². The lowest BCUT2D eigenvalue weighted by molar-refractivity contribution is 0.136. The SMILES string of the molecule is CCOCCCC[C@H](c1ccccc1)[C@@H]1CCCN(C(=O)NC(CNC)CC2CCCCC2)C1. The van der Waals surface area contributed by atoms with E-state index < -0.39 is 0 Å². The number of carbonyl (C=O) groups is 1. The van der Waals surface area contributed by atoms with Crippen molar-refractivity contribution in [3.63, 3.8) is 0 Å². The molecule has 5 nitrogen and oxygen atoms in total. The van der Waals surface area contributed by atoms with Crippen LogP contribution in [0.4, 0.5) is 4.79 Å². The smallest absolute Gasteiger partial charge is 0.317 e. The Kier molecular flexibility index (Phi) is 12.2. The molecular formula is C29H49N3O2. The molecule has 1 unspecified atom stereocenters. The summed E-state index contributed by atoms with van der Waals surface area (Å²) in [7, 11) is 1.99. The van der Waals surface area contributed by atoms with E-state index in [2.05, 4.69) is 52.8 Å². The highest BCUT2D eigenvalue weighted by Gasteiger charge is 2.31. The van der Waals surface area contributed by atoms with Crippen LogP contribution in [0.25, 0.3) is 0 Å². The van der Waals surface area contributed by atoms with Crippen LogP contribution in [0.1, 0.15) is 89.0 Å². The second-order valence-corrected chi connectivity index (χ2v) is 10.5. The minimum absolute atomic E-state index is 0.143. The number of rotatable bonds is 13. The number of piperidine rings is 1. The van der Waals surface area contributed by atoms with Crippen molar-refractivity contribution in [2.75, 3.05) is 39.9 Å². The highest BCUT2D eigenvalue weighted by molar-refractivity contribution is 5.74. The number of nitrogens with zero attached hydrogens (tertiary/aromatic N) is 1. The van der Waals surface area contributed by atoms with Gasteiger partial charge < -0.3 is 20.3 Å². The summed E-state index contributed by atoms with van der Waals surface area (Å²) in [5, 5.41) is 6.72. The van der Waals surface area contributed by atoms with Gasteiger partial charge in [-0.25, -0.2) is 4.79 Å². The molecule has 3 atom stereocenters. The number of unbranched alkanes of at least 4 members (excludes halogenated alkanes) is 1. The lowest BCUT2D eigenvalue weighted by Gasteiger charge is -2.38. The Labute approximate surface area is 208 Å². The van der Waals surface area contributed by atoms with Crippen LogP contribution in [0, 0.1) is 11.8 Å². The molecule has 0 aromatic heterocycles. The van der Waals surface area contributed by atoms with E-state index >= 15 is 0 Å². The molecule has 1 saturated carbocycles. The Hall–Kier alpha value is -1.59. The van der Waals surface area contributed by atoms with E-state index in [4.69, 9.17) is 4.74 Å². The van der Waals surface area contributed by atoms with Crippen molar-refractivity contribution >= 4 is 6.03 Å². The maximum Gasteiger partial charge on any atom is 0.317 e. The Balaban J connectivity index is 1.58. The van der Waals surface area contributed by atoms with Crippen molar-refractivity contribution < 1.29 is 9.53 Å². The third-order valence-corrected chi connectivity index (χ3v) is 7.92. The first kappa shape index (κ1) is 27.0. The summed E-state index contributed by atoms with van der Waals surface area (Å²) >= 11 is 0. The molecule has 3 rings (SSSR count). The fraction of sp³-hybridized carbons (Fsp3) is 0.759. The van der Waals surface area contributed by atoms with Crippen molar-refractivity contribution in [3.05, 3.63) is 35.9 Å². The zero-order chi connectivity index (χ0) is 24.0. The van der Waals surface area contributed by atoms with Crippen molar-refractivity contribution in [1.82, 2.24) is 15.5 Å². The van der Waals surface area contributed by atoms with E-state index in [-0.39, 0.29) is 12.1 Å². The maximum atomic E-state index is 13.3. The topological polar surface area (TPSA) is 53.6 Å². The number of carbonyl (C=O) groups excluding carboxylic acids is 1. The summed E-state index contributed by atoms with van der Waals surface area (Å²) in [6.45, 7) is 6.31. The molecule has 1 aromatic carbocycles. The number of likely N-dealkylation sites (N-methyl/N-ethyl adjacent to an activating group) is 1. The first-order chi connectivity index (χ1) is 16.7. The summed E-state index contributed by atoms with van der Waals surface area (Å²) in [6, 6.07) is 11.3. The predicted molar refractivity (Wildman–Crippen MR) is 141 cm³/mol. The standard InChI is InChI=1S/C29H49N3O2/c1-3-34-20-11-10-18-28(25-15-8-5-9-16-25)26-17-12-19-32(23-26)29(33)31-27(22-30-2)21-24-13-6-4-7-14-24/h5,8-9,15-16,24,26-28,30H,3-4,6-7,10-14,17-23H2,1-2H3,(H,31,33)/t26-,27?,28-/m1/s1. The molecule has 2 fully saturated rings. The number of amides is 2. The summed E-state index contributed by atoms with van der Waals surface area (Å²) < 4.78 is 5.56. The van der Waals surface area contributed by atoms with Gasteiger partial charge in [-0.2, -0.15) is 0 Å². The molecule has 192 valence electrons. The maximum absolute atomic E-state index is 13.3. The molecule has 5 heteroatoms. The minimum atomic E-state index is 0.143. The van der Waals surface area contributed by atoms with E-state index in [0.717, 1.165) is 58.0 Å². The lowest BCUT2D eigenvalue weighted by Crippen LogP contribution is -2.51. The summed E-state index contributed by atoms with van der Waals surface area (Å²) in [6.07, 6.45) is 13.6. The molecule has 34 heavy (non-hydrogen) atoms. The first-order valence-corrected chi connectivity index (χ1v) is 14.0. The van der Waals surface area contributed by atoms with Gasteiger partial charge in [0.05, 0.1) is 0 Å². The molecule has 2 amide bonds. The molecular weight excluding hydrogens is 422 g/mol. The second kappa shape index (κ2) is 15.4. The predicted octanol–water partition coefficient (Wildman–Crippen LogP) is 5.96. The fourth-order valence-electron chi connectivity index (χ4n) is 6.14. The van der Waals surface area contributed by atoms with Crippen LogP contribution in [-0.2, 0) is 4.74 Å². The van der Waals surface area contributed by atoms with Gasteiger partial charge in [0.2, 0.25) is 0 Å². The Bertz CT molecular complexity index is 677. The van der Waals surface area contributed by atoms with Gasteiger partial charge in [0.15, 0.2) is 0 Å². The molecule has 0 bridgehead atoms. The molecule has 1 aromatic rings. The fourth-order valence-corrected chi connectivity index (χ4v) is 6.14. The summed E-state index contributed by atoms with van der Waals surface area (Å²) in [5.41, 5.74) is 1.43. The van der Waals surface area contributed by atoms with E-state index in [1.54, 1.807) is 0 Å². The van der Waals surface area contributed by atoms with E-state index in [1.807, 2.05) is 7.05 Å². The monoisotopic (exact) mass is 471 g/mol. The van der Waals surface area contributed by atoms with Gasteiger partial charge in [0, 0.05) is 38.9 Å². The quantitative estimate of drug-likeness (QED) is 0.349. The third-order valence-electron chi connectivity index (χ3n) is 7.92. The second-order valence-electron chi connectivity index (χ2n) is 10.5. The number of ether oxygens (including phenoxy) is 1. The highest BCUT2D eigenvalue weighted by Crippen LogP contribution is 2.36. The van der Waals surface area contributed by atoms with Gasteiger partial charge in [0.25, 0.3) is 0 Å². The van der Waals surface area contributed by atoms with Crippen molar-refractivity contribution in [2.45, 2.75) is 89.5 Å². The van der Waals surface area contributed by atoms with Crippen LogP contribution < -0.4 is 10.6 Å². The number of hydrogen-bond donors (Lipinski definition) is 2. The van der Waals surface area contributed by atoms with Crippen molar-refractivity contribution in [2.24, 2.45) is 11.8 Å². The molecule has 2 aliphatic rings. The molecule has 0 spiro atoms. The Morgan fingerprint density at radius 1 is 1.09 bits per heavy atom. The van der Waals surface area contributed by atoms with Crippen LogP contribution in [0.5, 0.6) is 0 Å². The zero-order valence-electron chi connectivity index (χ0n) is 21.8. The molecule has 1 heterocycles. The lowest BCUT2D eigenvalue weighted by atomic mass is 9.78. The van der Waals surface area contributed by atoms with Crippen LogP contribution in [0.2, 0.25) is 0 Å². The molecule has 1 saturated heterocycles.